The summed E-state index contributed by atoms with van der Waals surface area (Å²) in [4.78, 5) is 51.9. The molecular formula is C24H34F3N5O4. The van der Waals surface area contributed by atoms with Crippen molar-refractivity contribution in [3.63, 3.8) is 0 Å². The van der Waals surface area contributed by atoms with E-state index in [2.05, 4.69) is 10.6 Å². The summed E-state index contributed by atoms with van der Waals surface area (Å²) < 4.78 is 38.9. The molecule has 9 nitrogen and oxygen atoms in total. The lowest BCUT2D eigenvalue weighted by molar-refractivity contribution is -0.176. The fourth-order valence-electron chi connectivity index (χ4n) is 5.59. The van der Waals surface area contributed by atoms with Crippen molar-refractivity contribution in [3.05, 3.63) is 0 Å². The van der Waals surface area contributed by atoms with Crippen LogP contribution in [0.15, 0.2) is 0 Å². The molecular weight excluding hydrogens is 479 g/mol. The largest absolute Gasteiger partial charge is 0.471 e. The standard InChI is InChI=1S/C24H34F3N5O4/c1-22(2,3)17(31-21(36)24(25,26)27)20(35)32-11-14-15(23(14,4)5)16(32)19(34)30-13(10-28)9-12-7-6-8-29-18(12)33/h12-17H,6-9,11H2,1-5H3,(H,29,33)(H,30,34)(H,31,36)/t12-,13?,14-,15-,16-,17?/m0/s1. The second kappa shape index (κ2) is 9.56. The van der Waals surface area contributed by atoms with E-state index in [9.17, 15) is 37.6 Å². The summed E-state index contributed by atoms with van der Waals surface area (Å²) in [6.07, 6.45) is -3.68. The van der Waals surface area contributed by atoms with Crippen LogP contribution in [0.1, 0.15) is 53.9 Å². The SMILES string of the molecule is CC(C)(C)C(NC(=O)C(F)(F)F)C(=O)N1C[C@H]2[C@@H]([C@H]1C(=O)NC(C#N)C[C@@H]1CCCNC1=O)C2(C)C. The number of likely N-dealkylation sites (tertiary alicyclic amines) is 1. The first-order chi connectivity index (χ1) is 16.5. The Hall–Kier alpha value is -2.84. The number of amides is 4. The third-order valence-electron chi connectivity index (χ3n) is 7.80. The zero-order valence-corrected chi connectivity index (χ0v) is 21.2. The maximum Gasteiger partial charge on any atom is 0.471 e. The molecule has 2 saturated heterocycles. The number of nitrogens with one attached hydrogen (secondary N) is 3. The molecule has 36 heavy (non-hydrogen) atoms. The van der Waals surface area contributed by atoms with Crippen LogP contribution >= 0.6 is 0 Å². The van der Waals surface area contributed by atoms with Gasteiger partial charge < -0.3 is 20.9 Å². The molecule has 3 rings (SSSR count). The highest BCUT2D eigenvalue weighted by Crippen LogP contribution is 2.65. The molecule has 0 bridgehead atoms. The highest BCUT2D eigenvalue weighted by Gasteiger charge is 2.70. The van der Waals surface area contributed by atoms with Crippen molar-refractivity contribution in [2.24, 2.45) is 28.6 Å². The fourth-order valence-corrected chi connectivity index (χ4v) is 5.59. The van der Waals surface area contributed by atoms with Gasteiger partial charge in [-0.15, -0.1) is 0 Å². The van der Waals surface area contributed by atoms with Crippen LogP contribution < -0.4 is 16.0 Å². The molecule has 0 aromatic carbocycles. The molecule has 4 amide bonds. The van der Waals surface area contributed by atoms with E-state index in [1.165, 1.54) is 25.7 Å². The molecule has 3 N–H and O–H groups in total. The maximum atomic E-state index is 13.5. The van der Waals surface area contributed by atoms with Crippen molar-refractivity contribution in [2.75, 3.05) is 13.1 Å². The van der Waals surface area contributed by atoms with Gasteiger partial charge in [0.25, 0.3) is 0 Å². The van der Waals surface area contributed by atoms with Crippen LogP contribution in [-0.4, -0.2) is 65.9 Å². The Morgan fingerprint density at radius 3 is 2.39 bits per heavy atom. The zero-order chi connectivity index (χ0) is 27.2. The summed E-state index contributed by atoms with van der Waals surface area (Å²) in [5, 5.41) is 16.8. The van der Waals surface area contributed by atoms with Crippen LogP contribution in [0.2, 0.25) is 0 Å². The Labute approximate surface area is 208 Å². The second-order valence-corrected chi connectivity index (χ2v) is 11.7. The van der Waals surface area contributed by atoms with E-state index in [1.54, 1.807) is 0 Å². The Balaban J connectivity index is 1.80. The van der Waals surface area contributed by atoms with Crippen molar-refractivity contribution in [1.82, 2.24) is 20.9 Å². The molecule has 1 aliphatic carbocycles. The number of fused-ring (bicyclic) bond motifs is 1. The van der Waals surface area contributed by atoms with E-state index in [0.717, 1.165) is 6.42 Å². The molecule has 0 spiro atoms. The van der Waals surface area contributed by atoms with Gasteiger partial charge >= 0.3 is 12.1 Å². The zero-order valence-electron chi connectivity index (χ0n) is 21.2. The number of nitriles is 1. The maximum absolute atomic E-state index is 13.5. The predicted octanol–water partition coefficient (Wildman–Crippen LogP) is 1.49. The minimum atomic E-state index is -5.17. The number of rotatable bonds is 6. The number of hydrogen-bond acceptors (Lipinski definition) is 5. The van der Waals surface area contributed by atoms with Crippen molar-refractivity contribution in [2.45, 2.75) is 78.2 Å². The number of piperidine rings is 2. The van der Waals surface area contributed by atoms with Gasteiger partial charge in [0.2, 0.25) is 17.7 Å². The normalized spacial score (nSPS) is 28.8. The number of hydrogen-bond donors (Lipinski definition) is 3. The van der Waals surface area contributed by atoms with Crippen LogP contribution in [-0.2, 0) is 19.2 Å². The third kappa shape index (κ3) is 5.44. The Bertz CT molecular complexity index is 968. The van der Waals surface area contributed by atoms with Crippen LogP contribution in [0.5, 0.6) is 0 Å². The van der Waals surface area contributed by atoms with Crippen molar-refractivity contribution >= 4 is 23.6 Å². The van der Waals surface area contributed by atoms with Crippen molar-refractivity contribution in [3.8, 4) is 6.07 Å². The van der Waals surface area contributed by atoms with E-state index in [4.69, 9.17) is 0 Å². The molecule has 6 atom stereocenters. The number of carbonyl (C=O) groups excluding carboxylic acids is 4. The topological polar surface area (TPSA) is 131 Å². The highest BCUT2D eigenvalue weighted by molar-refractivity contribution is 5.95. The van der Waals surface area contributed by atoms with E-state index >= 15 is 0 Å². The molecule has 12 heteroatoms. The summed E-state index contributed by atoms with van der Waals surface area (Å²) >= 11 is 0. The summed E-state index contributed by atoms with van der Waals surface area (Å²) in [6, 6.07) is -1.47. The van der Waals surface area contributed by atoms with Crippen LogP contribution in [0.3, 0.4) is 0 Å². The molecule has 3 fully saturated rings. The molecule has 2 unspecified atom stereocenters. The van der Waals surface area contributed by atoms with Crippen LogP contribution in [0, 0.1) is 39.9 Å². The monoisotopic (exact) mass is 513 g/mol. The minimum Gasteiger partial charge on any atom is -0.356 e. The first kappa shape index (κ1) is 27.7. The molecule has 1 saturated carbocycles. The van der Waals surface area contributed by atoms with E-state index < -0.39 is 53.4 Å². The molecule has 2 aliphatic heterocycles. The fraction of sp³-hybridized carbons (Fsp3) is 0.792. The highest BCUT2D eigenvalue weighted by atomic mass is 19.4. The molecule has 2 heterocycles. The quantitative estimate of drug-likeness (QED) is 0.495. The average molecular weight is 514 g/mol. The van der Waals surface area contributed by atoms with Gasteiger partial charge in [-0.1, -0.05) is 34.6 Å². The summed E-state index contributed by atoms with van der Waals surface area (Å²) in [5.41, 5.74) is -1.33. The summed E-state index contributed by atoms with van der Waals surface area (Å²) in [7, 11) is 0. The Morgan fingerprint density at radius 2 is 1.86 bits per heavy atom. The van der Waals surface area contributed by atoms with E-state index in [-0.39, 0.29) is 36.1 Å². The first-order valence-corrected chi connectivity index (χ1v) is 12.2. The summed E-state index contributed by atoms with van der Waals surface area (Å²) in [6.45, 7) is 9.22. The number of alkyl halides is 3. The van der Waals surface area contributed by atoms with Gasteiger partial charge in [0.05, 0.1) is 6.07 Å². The van der Waals surface area contributed by atoms with Gasteiger partial charge in [-0.05, 0) is 41.9 Å². The average Bonchev–Trinajstić information content (AvgIpc) is 3.09. The molecule has 0 radical (unpaired) electrons. The summed E-state index contributed by atoms with van der Waals surface area (Å²) in [5.74, 6) is -4.46. The number of carbonyl (C=O) groups is 4. The minimum absolute atomic E-state index is 0.0409. The van der Waals surface area contributed by atoms with Gasteiger partial charge in [-0.3, -0.25) is 19.2 Å². The lowest BCUT2D eigenvalue weighted by atomic mass is 9.85. The number of nitrogens with zero attached hydrogens (tertiary/aromatic N) is 2. The molecule has 0 aromatic rings. The van der Waals surface area contributed by atoms with Crippen molar-refractivity contribution < 1.29 is 32.3 Å². The van der Waals surface area contributed by atoms with Gasteiger partial charge in [0, 0.05) is 19.0 Å². The predicted molar refractivity (Wildman–Crippen MR) is 122 cm³/mol. The lowest BCUT2D eigenvalue weighted by Gasteiger charge is -2.38. The van der Waals surface area contributed by atoms with Gasteiger partial charge in [-0.25, -0.2) is 0 Å². The van der Waals surface area contributed by atoms with Crippen LogP contribution in [0.4, 0.5) is 13.2 Å². The molecule has 200 valence electrons. The Kier molecular flexibility index (Phi) is 7.37. The van der Waals surface area contributed by atoms with E-state index in [1.807, 2.05) is 25.2 Å². The molecule has 3 aliphatic rings. The number of halogens is 3. The van der Waals surface area contributed by atoms with Gasteiger partial charge in [0.1, 0.15) is 18.1 Å². The van der Waals surface area contributed by atoms with Crippen molar-refractivity contribution in [1.29, 1.82) is 5.26 Å². The van der Waals surface area contributed by atoms with Gasteiger partial charge in [-0.2, -0.15) is 18.4 Å². The second-order valence-electron chi connectivity index (χ2n) is 11.7. The first-order valence-electron chi connectivity index (χ1n) is 12.2. The smallest absolute Gasteiger partial charge is 0.356 e. The Morgan fingerprint density at radius 1 is 1.22 bits per heavy atom. The van der Waals surface area contributed by atoms with E-state index in [0.29, 0.717) is 13.0 Å². The van der Waals surface area contributed by atoms with Gasteiger partial charge in [0.15, 0.2) is 0 Å². The van der Waals surface area contributed by atoms with Crippen LogP contribution in [0.25, 0.3) is 0 Å². The molecule has 0 aromatic heterocycles. The lowest BCUT2D eigenvalue weighted by Crippen LogP contribution is -2.61. The third-order valence-corrected chi connectivity index (χ3v) is 7.80.